The second kappa shape index (κ2) is 6.12. The number of nitrogens with zero attached hydrogens (tertiary/aromatic N) is 3. The first-order chi connectivity index (χ1) is 12.2. The molecule has 7 nitrogen and oxygen atoms in total. The van der Waals surface area contributed by atoms with Crippen molar-refractivity contribution in [3.05, 3.63) is 66.3 Å². The first kappa shape index (κ1) is 14.9. The molecule has 25 heavy (non-hydrogen) atoms. The zero-order valence-electron chi connectivity index (χ0n) is 13.4. The molecular formula is C18H15N5O2. The second-order valence-corrected chi connectivity index (χ2v) is 5.50. The van der Waals surface area contributed by atoms with E-state index in [0.29, 0.717) is 17.5 Å². The fraction of sp³-hybridized carbons (Fsp3) is 0.0556. The number of H-pyrrole nitrogens is 1. The summed E-state index contributed by atoms with van der Waals surface area (Å²) in [7, 11) is 0. The quantitative estimate of drug-likeness (QED) is 0.561. The number of fused-ring (bicyclic) bond motifs is 1. The van der Waals surface area contributed by atoms with Gasteiger partial charge in [0.1, 0.15) is 11.6 Å². The smallest absolute Gasteiger partial charge is 0.249 e. The monoisotopic (exact) mass is 333 g/mol. The largest absolute Gasteiger partial charge is 0.465 e. The number of furan rings is 1. The van der Waals surface area contributed by atoms with Gasteiger partial charge in [-0.1, -0.05) is 12.1 Å². The number of hydrogen-bond donors (Lipinski definition) is 2. The predicted octanol–water partition coefficient (Wildman–Crippen LogP) is 3.30. The first-order valence-corrected chi connectivity index (χ1v) is 7.73. The van der Waals surface area contributed by atoms with Gasteiger partial charge in [0.15, 0.2) is 0 Å². The molecule has 3 heterocycles. The number of rotatable bonds is 4. The van der Waals surface area contributed by atoms with Crippen molar-refractivity contribution in [3.63, 3.8) is 0 Å². The van der Waals surface area contributed by atoms with Crippen LogP contribution in [-0.2, 0) is 4.79 Å². The van der Waals surface area contributed by atoms with Crippen molar-refractivity contribution in [3.8, 4) is 5.95 Å². The van der Waals surface area contributed by atoms with Crippen LogP contribution in [-0.4, -0.2) is 25.7 Å². The normalized spacial score (nSPS) is 11.4. The van der Waals surface area contributed by atoms with Crippen molar-refractivity contribution in [2.75, 3.05) is 5.32 Å². The Hall–Kier alpha value is -3.61. The van der Waals surface area contributed by atoms with Crippen molar-refractivity contribution in [2.24, 2.45) is 0 Å². The maximum atomic E-state index is 12.2. The van der Waals surface area contributed by atoms with Gasteiger partial charge in [-0.25, -0.2) is 4.98 Å². The van der Waals surface area contributed by atoms with Gasteiger partial charge in [0.2, 0.25) is 11.9 Å². The van der Waals surface area contributed by atoms with Crippen molar-refractivity contribution < 1.29 is 9.21 Å². The SMILES string of the molecule is Cc1cc(NC(=O)/C=C/c2ccco2)n(-c2nc3ccccc3[nH]2)n1. The molecule has 0 aliphatic carbocycles. The van der Waals surface area contributed by atoms with E-state index < -0.39 is 0 Å². The van der Waals surface area contributed by atoms with E-state index in [4.69, 9.17) is 4.42 Å². The summed E-state index contributed by atoms with van der Waals surface area (Å²) in [5, 5.41) is 7.21. The number of benzene rings is 1. The number of nitrogens with one attached hydrogen (secondary N) is 2. The maximum Gasteiger partial charge on any atom is 0.249 e. The zero-order valence-corrected chi connectivity index (χ0v) is 13.4. The van der Waals surface area contributed by atoms with Crippen LogP contribution in [0.3, 0.4) is 0 Å². The van der Waals surface area contributed by atoms with Gasteiger partial charge >= 0.3 is 0 Å². The lowest BCUT2D eigenvalue weighted by molar-refractivity contribution is -0.111. The molecule has 0 aliphatic rings. The highest BCUT2D eigenvalue weighted by Gasteiger charge is 2.13. The molecule has 0 fully saturated rings. The van der Waals surface area contributed by atoms with E-state index >= 15 is 0 Å². The van der Waals surface area contributed by atoms with Gasteiger partial charge < -0.3 is 14.7 Å². The minimum Gasteiger partial charge on any atom is -0.465 e. The molecule has 124 valence electrons. The lowest BCUT2D eigenvalue weighted by Crippen LogP contribution is -2.13. The number of imidazole rings is 1. The Morgan fingerprint density at radius 1 is 1.28 bits per heavy atom. The van der Waals surface area contributed by atoms with E-state index in [9.17, 15) is 4.79 Å². The number of para-hydroxylation sites is 2. The van der Waals surface area contributed by atoms with Crippen LogP contribution in [0, 0.1) is 6.92 Å². The van der Waals surface area contributed by atoms with Gasteiger partial charge in [-0.05, 0) is 37.3 Å². The Bertz CT molecular complexity index is 1020. The highest BCUT2D eigenvalue weighted by Crippen LogP contribution is 2.18. The number of hydrogen-bond acceptors (Lipinski definition) is 4. The van der Waals surface area contributed by atoms with Gasteiger partial charge in [0.05, 0.1) is 23.0 Å². The van der Waals surface area contributed by atoms with E-state index in [1.54, 1.807) is 35.2 Å². The molecule has 0 radical (unpaired) electrons. The summed E-state index contributed by atoms with van der Waals surface area (Å²) < 4.78 is 6.74. The molecule has 3 aromatic heterocycles. The molecule has 0 spiro atoms. The summed E-state index contributed by atoms with van der Waals surface area (Å²) in [6, 6.07) is 13.0. The van der Waals surface area contributed by atoms with Gasteiger partial charge in [-0.2, -0.15) is 9.78 Å². The molecule has 1 aromatic carbocycles. The third kappa shape index (κ3) is 3.07. The average Bonchev–Trinajstić information content (AvgIpc) is 3.32. The zero-order chi connectivity index (χ0) is 17.2. The van der Waals surface area contributed by atoms with Crippen molar-refractivity contribution >= 4 is 28.8 Å². The Balaban J connectivity index is 1.61. The Morgan fingerprint density at radius 3 is 2.96 bits per heavy atom. The number of aromatic amines is 1. The van der Waals surface area contributed by atoms with Crippen LogP contribution in [0.2, 0.25) is 0 Å². The molecule has 4 aromatic rings. The predicted molar refractivity (Wildman–Crippen MR) is 94.3 cm³/mol. The minimum atomic E-state index is -0.284. The highest BCUT2D eigenvalue weighted by atomic mass is 16.3. The van der Waals surface area contributed by atoms with Crippen LogP contribution >= 0.6 is 0 Å². The minimum absolute atomic E-state index is 0.284. The van der Waals surface area contributed by atoms with E-state index in [1.165, 1.54) is 6.08 Å². The number of aryl methyl sites for hydroxylation is 1. The molecule has 7 heteroatoms. The lowest BCUT2D eigenvalue weighted by atomic mass is 10.3. The highest BCUT2D eigenvalue weighted by molar-refractivity contribution is 6.01. The number of anilines is 1. The molecule has 0 saturated carbocycles. The van der Waals surface area contributed by atoms with Crippen molar-refractivity contribution in [2.45, 2.75) is 6.92 Å². The number of carbonyl (C=O) groups excluding carboxylic acids is 1. The molecule has 2 N–H and O–H groups in total. The van der Waals surface area contributed by atoms with Crippen molar-refractivity contribution in [1.82, 2.24) is 19.7 Å². The third-order valence-electron chi connectivity index (χ3n) is 3.60. The van der Waals surface area contributed by atoms with Crippen LogP contribution in [0.1, 0.15) is 11.5 Å². The van der Waals surface area contributed by atoms with Crippen molar-refractivity contribution in [1.29, 1.82) is 0 Å². The third-order valence-corrected chi connectivity index (χ3v) is 3.60. The molecule has 0 atom stereocenters. The first-order valence-electron chi connectivity index (χ1n) is 7.73. The van der Waals surface area contributed by atoms with Crippen LogP contribution in [0.4, 0.5) is 5.82 Å². The molecular weight excluding hydrogens is 318 g/mol. The number of carbonyl (C=O) groups is 1. The van der Waals surface area contributed by atoms with Gasteiger partial charge in [0.25, 0.3) is 0 Å². The van der Waals surface area contributed by atoms with E-state index in [-0.39, 0.29) is 5.91 Å². The van der Waals surface area contributed by atoms with Gasteiger partial charge in [-0.15, -0.1) is 0 Å². The Labute approximate surface area is 143 Å². The van der Waals surface area contributed by atoms with Crippen LogP contribution in [0.15, 0.2) is 59.2 Å². The fourth-order valence-electron chi connectivity index (χ4n) is 2.50. The molecule has 0 unspecified atom stereocenters. The Morgan fingerprint density at radius 2 is 2.16 bits per heavy atom. The summed E-state index contributed by atoms with van der Waals surface area (Å²) in [5.41, 5.74) is 2.51. The Kier molecular flexibility index (Phi) is 3.66. The number of aromatic nitrogens is 4. The molecule has 0 aliphatic heterocycles. The van der Waals surface area contributed by atoms with Crippen LogP contribution in [0.5, 0.6) is 0 Å². The summed E-state index contributed by atoms with van der Waals surface area (Å²) in [6.45, 7) is 1.85. The second-order valence-electron chi connectivity index (χ2n) is 5.50. The fourth-order valence-corrected chi connectivity index (χ4v) is 2.50. The van der Waals surface area contributed by atoms with Gasteiger partial charge in [-0.3, -0.25) is 4.79 Å². The maximum absolute atomic E-state index is 12.2. The van der Waals surface area contributed by atoms with Crippen LogP contribution in [0.25, 0.3) is 23.1 Å². The van der Waals surface area contributed by atoms with E-state index in [0.717, 1.165) is 16.7 Å². The number of amides is 1. The van der Waals surface area contributed by atoms with E-state index in [1.807, 2.05) is 31.2 Å². The summed E-state index contributed by atoms with van der Waals surface area (Å²) >= 11 is 0. The van der Waals surface area contributed by atoms with E-state index in [2.05, 4.69) is 20.4 Å². The molecule has 0 saturated heterocycles. The molecule has 1 amide bonds. The topological polar surface area (TPSA) is 88.7 Å². The van der Waals surface area contributed by atoms with Gasteiger partial charge in [0, 0.05) is 12.1 Å². The molecule has 0 bridgehead atoms. The molecule has 4 rings (SSSR count). The summed E-state index contributed by atoms with van der Waals surface area (Å²) in [6.07, 6.45) is 4.56. The standard InChI is InChI=1S/C18H15N5O2/c1-12-11-16(21-17(24)9-8-13-5-4-10-25-13)23(22-12)18-19-14-6-2-3-7-15(14)20-18/h2-11H,1H3,(H,19,20)(H,21,24)/b9-8+. The summed E-state index contributed by atoms with van der Waals surface area (Å²) in [5.74, 6) is 1.40. The summed E-state index contributed by atoms with van der Waals surface area (Å²) in [4.78, 5) is 19.9. The van der Waals surface area contributed by atoms with Crippen LogP contribution < -0.4 is 5.32 Å². The average molecular weight is 333 g/mol. The lowest BCUT2D eigenvalue weighted by Gasteiger charge is -2.04.